The van der Waals surface area contributed by atoms with Gasteiger partial charge in [0.25, 0.3) is 0 Å². The summed E-state index contributed by atoms with van der Waals surface area (Å²) in [5.41, 5.74) is 4.20. The molecule has 2 aromatic carbocycles. The summed E-state index contributed by atoms with van der Waals surface area (Å²) in [4.78, 5) is 31.7. The van der Waals surface area contributed by atoms with Crippen molar-refractivity contribution < 1.29 is 9.59 Å². The van der Waals surface area contributed by atoms with Crippen LogP contribution < -0.4 is 10.6 Å². The number of amides is 2. The molecule has 0 aliphatic heterocycles. The third kappa shape index (κ3) is 7.54. The molecule has 0 spiro atoms. The van der Waals surface area contributed by atoms with Gasteiger partial charge in [0.15, 0.2) is 0 Å². The molecule has 0 bridgehead atoms. The number of fused-ring (bicyclic) bond motifs is 1. The molecule has 196 valence electrons. The molecule has 5 rings (SSSR count). The predicted molar refractivity (Wildman–Crippen MR) is 152 cm³/mol. The number of aromatic amines is 1. The van der Waals surface area contributed by atoms with E-state index in [0.29, 0.717) is 0 Å². The van der Waals surface area contributed by atoms with E-state index in [1.807, 2.05) is 42.5 Å². The Labute approximate surface area is 220 Å². The van der Waals surface area contributed by atoms with Gasteiger partial charge in [-0.2, -0.15) is 0 Å². The van der Waals surface area contributed by atoms with Crippen molar-refractivity contribution in [3.63, 3.8) is 0 Å². The predicted octanol–water partition coefficient (Wildman–Crippen LogP) is 7.71. The van der Waals surface area contributed by atoms with Crippen LogP contribution in [-0.2, 0) is 9.59 Å². The minimum Gasteiger partial charge on any atom is -0.338 e. The lowest BCUT2D eigenvalue weighted by atomic mass is 9.99. The Kier molecular flexibility index (Phi) is 9.15. The molecule has 3 aromatic rings. The van der Waals surface area contributed by atoms with Crippen molar-refractivity contribution in [2.75, 3.05) is 10.6 Å². The van der Waals surface area contributed by atoms with Crippen molar-refractivity contribution >= 4 is 34.2 Å². The summed E-state index contributed by atoms with van der Waals surface area (Å²) in [6.07, 6.45) is 14.1. The number of rotatable bonds is 5. The average molecular weight is 501 g/mol. The van der Waals surface area contributed by atoms with Crippen LogP contribution in [0, 0.1) is 17.8 Å². The van der Waals surface area contributed by atoms with Crippen molar-refractivity contribution in [1.29, 1.82) is 0 Å². The molecule has 0 radical (unpaired) electrons. The molecule has 2 aliphatic rings. The molecule has 2 aliphatic carbocycles. The number of H-pyrrole nitrogens is 1. The maximum Gasteiger partial charge on any atom is 0.227 e. The van der Waals surface area contributed by atoms with Crippen LogP contribution in [0.2, 0.25) is 0 Å². The molecule has 6 heteroatoms. The molecule has 1 saturated carbocycles. The highest BCUT2D eigenvalue weighted by molar-refractivity contribution is 5.95. The second kappa shape index (κ2) is 12.7. The fourth-order valence-corrected chi connectivity index (χ4v) is 5.21. The van der Waals surface area contributed by atoms with E-state index in [-0.39, 0.29) is 17.7 Å². The van der Waals surface area contributed by atoms with Crippen LogP contribution in [0.15, 0.2) is 54.6 Å². The zero-order valence-electron chi connectivity index (χ0n) is 22.3. The van der Waals surface area contributed by atoms with Crippen LogP contribution in [0.25, 0.3) is 22.4 Å². The molecule has 1 fully saturated rings. The van der Waals surface area contributed by atoms with Crippen molar-refractivity contribution in [2.24, 2.45) is 17.8 Å². The molecule has 2 unspecified atom stereocenters. The highest BCUT2D eigenvalue weighted by Gasteiger charge is 2.20. The van der Waals surface area contributed by atoms with Gasteiger partial charge in [-0.15, -0.1) is 0 Å². The van der Waals surface area contributed by atoms with Gasteiger partial charge in [-0.1, -0.05) is 51.7 Å². The topological polar surface area (TPSA) is 86.9 Å². The molecule has 37 heavy (non-hydrogen) atoms. The number of nitrogens with zero attached hydrogens (tertiary/aromatic N) is 1. The van der Waals surface area contributed by atoms with Gasteiger partial charge in [-0.25, -0.2) is 4.98 Å². The number of carbonyl (C=O) groups excluding carboxylic acids is 2. The first-order valence-corrected chi connectivity index (χ1v) is 13.8. The van der Waals surface area contributed by atoms with E-state index in [9.17, 15) is 9.59 Å². The number of benzene rings is 2. The van der Waals surface area contributed by atoms with Crippen LogP contribution in [0.1, 0.15) is 72.1 Å². The van der Waals surface area contributed by atoms with Crippen molar-refractivity contribution in [3.05, 3.63) is 54.6 Å². The van der Waals surface area contributed by atoms with Crippen LogP contribution in [0.4, 0.5) is 11.4 Å². The van der Waals surface area contributed by atoms with Crippen LogP contribution >= 0.6 is 0 Å². The Bertz CT molecular complexity index is 1220. The van der Waals surface area contributed by atoms with Gasteiger partial charge in [0.2, 0.25) is 11.8 Å². The molecule has 1 heterocycles. The monoisotopic (exact) mass is 500 g/mol. The fourth-order valence-electron chi connectivity index (χ4n) is 5.21. The maximum absolute atomic E-state index is 12.6. The Morgan fingerprint density at radius 2 is 1.65 bits per heavy atom. The van der Waals surface area contributed by atoms with Gasteiger partial charge in [0.05, 0.1) is 11.0 Å². The van der Waals surface area contributed by atoms with Gasteiger partial charge in [-0.05, 0) is 80.0 Å². The van der Waals surface area contributed by atoms with E-state index >= 15 is 0 Å². The molecule has 2 atom stereocenters. The van der Waals surface area contributed by atoms with Crippen molar-refractivity contribution in [2.45, 2.75) is 72.1 Å². The quantitative estimate of drug-likeness (QED) is 0.248. The molecular weight excluding hydrogens is 460 g/mol. The SMILES string of the molecule is CC(=O)Nc1ccc(-c2nc3ccc(NC(=O)C4CCCCCC4)cc3[nH]2)cc1.CCC1C=CC(C)C1. The molecule has 0 saturated heterocycles. The highest BCUT2D eigenvalue weighted by Crippen LogP contribution is 2.27. The van der Waals surface area contributed by atoms with E-state index in [2.05, 4.69) is 46.6 Å². The standard InChI is InChI=1S/C23H26N4O2.C8H14/c1-15(28)24-18-10-8-16(9-11-18)22-26-20-13-12-19(14-21(20)27-22)25-23(29)17-6-4-2-3-5-7-17;1-3-8-5-4-7(2)6-8/h8-14,17H,2-7H2,1H3,(H,24,28)(H,25,29)(H,26,27);4-5,7-8H,3,6H2,1-2H3. The summed E-state index contributed by atoms with van der Waals surface area (Å²) >= 11 is 0. The Balaban J connectivity index is 0.000000342. The van der Waals surface area contributed by atoms with E-state index < -0.39 is 0 Å². The molecule has 2 amide bonds. The number of anilines is 2. The first-order chi connectivity index (χ1) is 17.9. The van der Waals surface area contributed by atoms with Crippen LogP contribution in [-0.4, -0.2) is 21.8 Å². The number of hydrogen-bond donors (Lipinski definition) is 3. The Morgan fingerprint density at radius 3 is 2.24 bits per heavy atom. The van der Waals surface area contributed by atoms with Gasteiger partial charge >= 0.3 is 0 Å². The number of nitrogens with one attached hydrogen (secondary N) is 3. The summed E-state index contributed by atoms with van der Waals surface area (Å²) in [6, 6.07) is 13.3. The van der Waals surface area contributed by atoms with Crippen molar-refractivity contribution in [3.8, 4) is 11.4 Å². The summed E-state index contributed by atoms with van der Waals surface area (Å²) in [5, 5.41) is 5.84. The molecule has 1 aromatic heterocycles. The number of hydrogen-bond acceptors (Lipinski definition) is 3. The number of allylic oxidation sites excluding steroid dienone is 2. The molecular formula is C31H40N4O2. The zero-order chi connectivity index (χ0) is 26.2. The number of carbonyl (C=O) groups is 2. The van der Waals surface area contributed by atoms with Crippen LogP contribution in [0.5, 0.6) is 0 Å². The van der Waals surface area contributed by atoms with E-state index in [1.54, 1.807) is 0 Å². The minimum absolute atomic E-state index is 0.0973. The lowest BCUT2D eigenvalue weighted by molar-refractivity contribution is -0.120. The first-order valence-electron chi connectivity index (χ1n) is 13.8. The second-order valence-electron chi connectivity index (χ2n) is 10.5. The summed E-state index contributed by atoms with van der Waals surface area (Å²) in [5.74, 6) is 2.64. The smallest absolute Gasteiger partial charge is 0.227 e. The fraction of sp³-hybridized carbons (Fsp3) is 0.452. The molecule has 6 nitrogen and oxygen atoms in total. The minimum atomic E-state index is -0.0973. The van der Waals surface area contributed by atoms with Gasteiger partial charge < -0.3 is 15.6 Å². The van der Waals surface area contributed by atoms with Gasteiger partial charge in [-0.3, -0.25) is 9.59 Å². The third-order valence-electron chi connectivity index (χ3n) is 7.36. The first kappa shape index (κ1) is 26.6. The average Bonchev–Trinajstić information content (AvgIpc) is 3.40. The van der Waals surface area contributed by atoms with E-state index in [0.717, 1.165) is 71.3 Å². The number of aromatic nitrogens is 2. The van der Waals surface area contributed by atoms with Gasteiger partial charge in [0, 0.05) is 29.8 Å². The lowest BCUT2D eigenvalue weighted by Gasteiger charge is -2.14. The number of imidazole rings is 1. The summed E-state index contributed by atoms with van der Waals surface area (Å²) in [6.45, 7) is 6.03. The second-order valence-corrected chi connectivity index (χ2v) is 10.5. The lowest BCUT2D eigenvalue weighted by Crippen LogP contribution is -2.22. The largest absolute Gasteiger partial charge is 0.338 e. The Hall–Kier alpha value is -3.41. The van der Waals surface area contributed by atoms with E-state index in [1.165, 1.54) is 32.6 Å². The zero-order valence-corrected chi connectivity index (χ0v) is 22.3. The van der Waals surface area contributed by atoms with Crippen molar-refractivity contribution in [1.82, 2.24) is 9.97 Å². The summed E-state index contributed by atoms with van der Waals surface area (Å²) < 4.78 is 0. The normalized spacial score (nSPS) is 19.6. The third-order valence-corrected chi connectivity index (χ3v) is 7.36. The van der Waals surface area contributed by atoms with E-state index in [4.69, 9.17) is 0 Å². The Morgan fingerprint density at radius 1 is 0.946 bits per heavy atom. The maximum atomic E-state index is 12.6. The van der Waals surface area contributed by atoms with Gasteiger partial charge in [0.1, 0.15) is 5.82 Å². The summed E-state index contributed by atoms with van der Waals surface area (Å²) in [7, 11) is 0. The highest BCUT2D eigenvalue weighted by atomic mass is 16.2. The molecule has 3 N–H and O–H groups in total. The van der Waals surface area contributed by atoms with Crippen LogP contribution in [0.3, 0.4) is 0 Å².